The Bertz CT molecular complexity index is 537. The van der Waals surface area contributed by atoms with Crippen LogP contribution in [0.15, 0.2) is 47.8 Å². The Labute approximate surface area is 103 Å². The van der Waals surface area contributed by atoms with Crippen LogP contribution in [0.5, 0.6) is 0 Å². The zero-order chi connectivity index (χ0) is 12.1. The van der Waals surface area contributed by atoms with Gasteiger partial charge in [-0.2, -0.15) is 0 Å². The van der Waals surface area contributed by atoms with Gasteiger partial charge < -0.3 is 0 Å². The Balaban J connectivity index is 2.22. The van der Waals surface area contributed by atoms with Crippen molar-refractivity contribution in [3.05, 3.63) is 42.9 Å². The first kappa shape index (κ1) is 11.4. The second kappa shape index (κ2) is 5.32. The summed E-state index contributed by atoms with van der Waals surface area (Å²) in [5, 5.41) is -0.608. The molecule has 0 saturated carbocycles. The van der Waals surface area contributed by atoms with Crippen molar-refractivity contribution in [1.82, 2.24) is 9.97 Å². The van der Waals surface area contributed by atoms with Gasteiger partial charge in [0, 0.05) is 18.0 Å². The number of pyridine rings is 2. The Morgan fingerprint density at radius 1 is 1.24 bits per heavy atom. The Hall–Kier alpha value is -2.07. The first-order chi connectivity index (χ1) is 8.25. The van der Waals surface area contributed by atoms with E-state index < -0.39 is 5.24 Å². The van der Waals surface area contributed by atoms with Gasteiger partial charge in [0.05, 0.1) is 23.8 Å². The van der Waals surface area contributed by atoms with Gasteiger partial charge >= 0.3 is 0 Å². The fourth-order valence-corrected chi connectivity index (χ4v) is 1.33. The van der Waals surface area contributed by atoms with Crippen molar-refractivity contribution in [1.29, 1.82) is 0 Å². The first-order valence-electron chi connectivity index (χ1n) is 4.86. The molecule has 2 rings (SSSR count). The minimum atomic E-state index is -0.608. The van der Waals surface area contributed by atoms with Crippen LogP contribution >= 0.6 is 11.6 Å². The molecule has 0 bridgehead atoms. The maximum absolute atomic E-state index is 10.5. The number of carbonyl (C=O) groups is 1. The van der Waals surface area contributed by atoms with Crippen molar-refractivity contribution >= 4 is 28.7 Å². The molecule has 0 amide bonds. The maximum atomic E-state index is 10.5. The Morgan fingerprint density at radius 3 is 2.59 bits per heavy atom. The van der Waals surface area contributed by atoms with Crippen molar-refractivity contribution in [3.63, 3.8) is 0 Å². The highest BCUT2D eigenvalue weighted by Gasteiger charge is 1.98. The summed E-state index contributed by atoms with van der Waals surface area (Å²) in [7, 11) is 0. The number of halogens is 1. The fraction of sp³-hybridized carbons (Fsp3) is 0. The van der Waals surface area contributed by atoms with Gasteiger partial charge in [-0.15, -0.1) is 0 Å². The van der Waals surface area contributed by atoms with Crippen LogP contribution in [0.2, 0.25) is 0 Å². The number of hydrogen-bond acceptors (Lipinski definition) is 4. The number of nitrogens with zero attached hydrogens (tertiary/aromatic N) is 3. The molecule has 0 spiro atoms. The van der Waals surface area contributed by atoms with E-state index in [9.17, 15) is 4.79 Å². The summed E-state index contributed by atoms with van der Waals surface area (Å²) in [6.07, 6.45) is 6.03. The minimum Gasteiger partial charge on any atom is -0.275 e. The highest BCUT2D eigenvalue weighted by molar-refractivity contribution is 6.78. The minimum absolute atomic E-state index is 0.580. The second-order valence-electron chi connectivity index (χ2n) is 3.20. The van der Waals surface area contributed by atoms with E-state index in [0.29, 0.717) is 5.69 Å². The van der Waals surface area contributed by atoms with Crippen LogP contribution in [-0.2, 0) is 4.79 Å². The number of aliphatic imine (C=N–C) groups is 1. The normalized spacial score (nSPS) is 10.6. The van der Waals surface area contributed by atoms with Crippen LogP contribution in [0, 0.1) is 0 Å². The topological polar surface area (TPSA) is 55.2 Å². The summed E-state index contributed by atoms with van der Waals surface area (Å²) in [6.45, 7) is 0. The highest BCUT2D eigenvalue weighted by Crippen LogP contribution is 2.18. The molecule has 0 saturated heterocycles. The molecule has 84 valence electrons. The van der Waals surface area contributed by atoms with Crippen molar-refractivity contribution in [2.45, 2.75) is 0 Å². The van der Waals surface area contributed by atoms with E-state index in [1.54, 1.807) is 24.7 Å². The molecular weight excluding hydrogens is 238 g/mol. The molecule has 0 aliphatic rings. The summed E-state index contributed by atoms with van der Waals surface area (Å²) < 4.78 is 0. The van der Waals surface area contributed by atoms with Gasteiger partial charge in [0.1, 0.15) is 0 Å². The second-order valence-corrected chi connectivity index (χ2v) is 3.57. The van der Waals surface area contributed by atoms with Crippen molar-refractivity contribution in [3.8, 4) is 11.3 Å². The summed E-state index contributed by atoms with van der Waals surface area (Å²) >= 11 is 5.14. The van der Waals surface area contributed by atoms with Gasteiger partial charge in [-0.05, 0) is 35.9 Å². The monoisotopic (exact) mass is 245 g/mol. The lowest BCUT2D eigenvalue weighted by Crippen LogP contribution is -1.85. The summed E-state index contributed by atoms with van der Waals surface area (Å²) in [4.78, 5) is 22.5. The van der Waals surface area contributed by atoms with E-state index in [0.717, 1.165) is 17.5 Å². The number of rotatable bonds is 3. The van der Waals surface area contributed by atoms with E-state index in [4.69, 9.17) is 11.6 Å². The van der Waals surface area contributed by atoms with Gasteiger partial charge in [-0.3, -0.25) is 19.8 Å². The molecule has 2 aromatic heterocycles. The fourth-order valence-electron chi connectivity index (χ4n) is 1.28. The molecule has 2 heterocycles. The Kier molecular flexibility index (Phi) is 3.57. The van der Waals surface area contributed by atoms with Gasteiger partial charge in [-0.25, -0.2) is 0 Å². The van der Waals surface area contributed by atoms with Crippen LogP contribution in [0.4, 0.5) is 5.69 Å². The molecule has 17 heavy (non-hydrogen) atoms. The summed E-state index contributed by atoms with van der Waals surface area (Å²) in [5.74, 6) is 0. The predicted octanol–water partition coefficient (Wildman–Crippen LogP) is 2.61. The lowest BCUT2D eigenvalue weighted by atomic mass is 10.2. The molecule has 0 aliphatic heterocycles. The predicted molar refractivity (Wildman–Crippen MR) is 66.5 cm³/mol. The van der Waals surface area contributed by atoms with Crippen molar-refractivity contribution < 1.29 is 4.79 Å². The lowest BCUT2D eigenvalue weighted by Gasteiger charge is -1.99. The maximum Gasteiger partial charge on any atom is 0.263 e. The molecule has 2 aromatic rings. The van der Waals surface area contributed by atoms with Gasteiger partial charge in [-0.1, -0.05) is 0 Å². The SMILES string of the molecule is O=C(Cl)/C=N\c1ccc(-c2ccncc2)nc1. The van der Waals surface area contributed by atoms with E-state index >= 15 is 0 Å². The van der Waals surface area contributed by atoms with Crippen molar-refractivity contribution in [2.24, 2.45) is 4.99 Å². The molecule has 0 N–H and O–H groups in total. The first-order valence-corrected chi connectivity index (χ1v) is 5.23. The standard InChI is InChI=1S/C12H8ClN3O/c13-12(17)8-15-10-1-2-11(16-7-10)9-3-5-14-6-4-9/h1-8H/b15-8-. The van der Waals surface area contributed by atoms with Crippen molar-refractivity contribution in [2.75, 3.05) is 0 Å². The molecule has 0 radical (unpaired) electrons. The molecule has 0 aliphatic carbocycles. The van der Waals surface area contributed by atoms with E-state index in [2.05, 4.69) is 15.0 Å². The van der Waals surface area contributed by atoms with Gasteiger partial charge in [0.25, 0.3) is 5.24 Å². The third-order valence-corrected chi connectivity index (χ3v) is 2.14. The molecular formula is C12H8ClN3O. The zero-order valence-corrected chi connectivity index (χ0v) is 9.50. The number of aromatic nitrogens is 2. The van der Waals surface area contributed by atoms with Gasteiger partial charge in [0.2, 0.25) is 0 Å². The molecule has 0 aromatic carbocycles. The highest BCUT2D eigenvalue weighted by atomic mass is 35.5. The zero-order valence-electron chi connectivity index (χ0n) is 8.75. The summed E-state index contributed by atoms with van der Waals surface area (Å²) in [5.41, 5.74) is 2.38. The smallest absolute Gasteiger partial charge is 0.263 e. The average molecular weight is 246 g/mol. The third-order valence-electron chi connectivity index (χ3n) is 2.04. The third kappa shape index (κ3) is 3.19. The van der Waals surface area contributed by atoms with Crippen LogP contribution in [0.1, 0.15) is 0 Å². The molecule has 5 heteroatoms. The molecule has 4 nitrogen and oxygen atoms in total. The number of hydrogen-bond donors (Lipinski definition) is 0. The van der Waals surface area contributed by atoms with Gasteiger partial charge in [0.15, 0.2) is 0 Å². The molecule has 0 atom stereocenters. The quantitative estimate of drug-likeness (QED) is 0.617. The molecule has 0 fully saturated rings. The van der Waals surface area contributed by atoms with E-state index in [1.165, 1.54) is 0 Å². The average Bonchev–Trinajstić information content (AvgIpc) is 2.38. The lowest BCUT2D eigenvalue weighted by molar-refractivity contribution is -0.105. The largest absolute Gasteiger partial charge is 0.275 e. The van der Waals surface area contributed by atoms with Crippen LogP contribution in [0.25, 0.3) is 11.3 Å². The Morgan fingerprint density at radius 2 is 2.00 bits per heavy atom. The van der Waals surface area contributed by atoms with Crippen LogP contribution < -0.4 is 0 Å². The molecule has 0 unspecified atom stereocenters. The summed E-state index contributed by atoms with van der Waals surface area (Å²) in [6, 6.07) is 7.32. The number of carbonyl (C=O) groups excluding carboxylic acids is 1. The van der Waals surface area contributed by atoms with Crippen LogP contribution in [0.3, 0.4) is 0 Å². The van der Waals surface area contributed by atoms with Crippen LogP contribution in [-0.4, -0.2) is 21.4 Å². The van der Waals surface area contributed by atoms with E-state index in [-0.39, 0.29) is 0 Å². The van der Waals surface area contributed by atoms with E-state index in [1.807, 2.05) is 18.2 Å².